The fourth-order valence-electron chi connectivity index (χ4n) is 2.13. The molecule has 25 heavy (non-hydrogen) atoms. The molecule has 0 atom stereocenters. The van der Waals surface area contributed by atoms with Gasteiger partial charge in [-0.15, -0.1) is 0 Å². The van der Waals surface area contributed by atoms with Gasteiger partial charge in [0.2, 0.25) is 0 Å². The van der Waals surface area contributed by atoms with E-state index >= 15 is 0 Å². The Morgan fingerprint density at radius 2 is 1.60 bits per heavy atom. The number of hydrogen-bond donors (Lipinski definition) is 2. The maximum absolute atomic E-state index is 12.2. The van der Waals surface area contributed by atoms with Crippen molar-refractivity contribution in [3.8, 4) is 5.75 Å². The molecule has 7 heteroatoms. The van der Waals surface area contributed by atoms with Crippen LogP contribution in [-0.2, 0) is 0 Å². The first-order valence-corrected chi connectivity index (χ1v) is 7.53. The number of hydrogen-bond acceptors (Lipinski definition) is 4. The Bertz CT molecular complexity index is 873. The third-order valence-electron chi connectivity index (χ3n) is 3.40. The van der Waals surface area contributed by atoms with Gasteiger partial charge in [-0.1, -0.05) is 18.2 Å². The minimum absolute atomic E-state index is 0.138. The van der Waals surface area contributed by atoms with Crippen molar-refractivity contribution in [1.29, 1.82) is 0 Å². The lowest BCUT2D eigenvalue weighted by molar-refractivity contribution is 0.102. The quantitative estimate of drug-likeness (QED) is 0.766. The van der Waals surface area contributed by atoms with Crippen LogP contribution in [0.3, 0.4) is 0 Å². The average Bonchev–Trinajstić information content (AvgIpc) is 3.14. The molecule has 0 spiro atoms. The zero-order chi connectivity index (χ0) is 17.6. The third-order valence-corrected chi connectivity index (χ3v) is 3.40. The van der Waals surface area contributed by atoms with Gasteiger partial charge in [0.25, 0.3) is 5.91 Å². The molecular formula is C18H16N4O3. The molecule has 2 amide bonds. The molecule has 0 unspecified atom stereocenters. The summed E-state index contributed by atoms with van der Waals surface area (Å²) in [5.74, 6) is 0.288. The van der Waals surface area contributed by atoms with E-state index < -0.39 is 11.9 Å². The largest absolute Gasteiger partial charge is 0.497 e. The molecule has 0 aliphatic heterocycles. The number of nitrogens with zero attached hydrogens (tertiary/aromatic N) is 2. The number of nitrogens with one attached hydrogen (secondary N) is 2. The van der Waals surface area contributed by atoms with Crippen LogP contribution in [0.15, 0.2) is 66.9 Å². The van der Waals surface area contributed by atoms with Crippen LogP contribution in [0.5, 0.6) is 5.75 Å². The van der Waals surface area contributed by atoms with Gasteiger partial charge in [-0.25, -0.2) is 4.79 Å². The minimum atomic E-state index is -0.449. The number of amides is 2. The second kappa shape index (κ2) is 7.31. The molecule has 2 N–H and O–H groups in total. The van der Waals surface area contributed by atoms with E-state index in [0.717, 1.165) is 4.68 Å². The monoisotopic (exact) mass is 336 g/mol. The molecule has 1 aromatic heterocycles. The summed E-state index contributed by atoms with van der Waals surface area (Å²) in [5.41, 5.74) is 1.39. The fourth-order valence-corrected chi connectivity index (χ4v) is 2.13. The van der Waals surface area contributed by atoms with E-state index in [0.29, 0.717) is 17.1 Å². The number of benzene rings is 2. The van der Waals surface area contributed by atoms with E-state index in [4.69, 9.17) is 4.74 Å². The number of carbonyl (C=O) groups excluding carboxylic acids is 2. The summed E-state index contributed by atoms with van der Waals surface area (Å²) < 4.78 is 6.14. The van der Waals surface area contributed by atoms with Gasteiger partial charge in [0, 0.05) is 17.6 Å². The first-order chi connectivity index (χ1) is 12.2. The predicted molar refractivity (Wildman–Crippen MR) is 94.0 cm³/mol. The van der Waals surface area contributed by atoms with Crippen LogP contribution in [0, 0.1) is 0 Å². The van der Waals surface area contributed by atoms with Crippen molar-refractivity contribution in [3.05, 3.63) is 72.6 Å². The van der Waals surface area contributed by atoms with Crippen LogP contribution >= 0.6 is 0 Å². The van der Waals surface area contributed by atoms with Crippen molar-refractivity contribution in [2.24, 2.45) is 0 Å². The van der Waals surface area contributed by atoms with Crippen LogP contribution < -0.4 is 15.4 Å². The van der Waals surface area contributed by atoms with Gasteiger partial charge < -0.3 is 15.4 Å². The van der Waals surface area contributed by atoms with Crippen LogP contribution in [0.2, 0.25) is 0 Å². The van der Waals surface area contributed by atoms with Crippen molar-refractivity contribution >= 4 is 23.3 Å². The van der Waals surface area contributed by atoms with E-state index in [1.54, 1.807) is 43.5 Å². The highest BCUT2D eigenvalue weighted by molar-refractivity contribution is 6.03. The minimum Gasteiger partial charge on any atom is -0.497 e. The predicted octanol–water partition coefficient (Wildman–Crippen LogP) is 3.22. The number of carbonyl (C=O) groups is 2. The number of para-hydroxylation sites is 1. The summed E-state index contributed by atoms with van der Waals surface area (Å²) >= 11 is 0. The van der Waals surface area contributed by atoms with Gasteiger partial charge in [0.1, 0.15) is 5.75 Å². The van der Waals surface area contributed by atoms with Gasteiger partial charge in [0.05, 0.1) is 7.11 Å². The summed E-state index contributed by atoms with van der Waals surface area (Å²) in [6.07, 6.45) is 1.43. The van der Waals surface area contributed by atoms with Crippen LogP contribution in [0.25, 0.3) is 0 Å². The van der Waals surface area contributed by atoms with E-state index in [1.165, 1.54) is 12.3 Å². The molecule has 0 fully saturated rings. The smallest absolute Gasteiger partial charge is 0.346 e. The van der Waals surface area contributed by atoms with Gasteiger partial charge in [-0.2, -0.15) is 9.78 Å². The Balaban J connectivity index is 1.65. The number of rotatable bonds is 4. The molecule has 3 aromatic rings. The highest BCUT2D eigenvalue weighted by atomic mass is 16.5. The fraction of sp³-hybridized carbons (Fsp3) is 0.0556. The average molecular weight is 336 g/mol. The van der Waals surface area contributed by atoms with Crippen molar-refractivity contribution in [1.82, 2.24) is 9.78 Å². The number of anilines is 2. The van der Waals surface area contributed by atoms with Crippen molar-refractivity contribution in [3.63, 3.8) is 0 Å². The summed E-state index contributed by atoms with van der Waals surface area (Å²) in [7, 11) is 1.57. The van der Waals surface area contributed by atoms with Gasteiger partial charge in [0.15, 0.2) is 5.69 Å². The maximum Gasteiger partial charge on any atom is 0.346 e. The van der Waals surface area contributed by atoms with Crippen LogP contribution in [0.1, 0.15) is 10.5 Å². The summed E-state index contributed by atoms with van der Waals surface area (Å²) in [5, 5.41) is 9.40. The molecule has 0 bridgehead atoms. The van der Waals surface area contributed by atoms with Crippen molar-refractivity contribution in [2.45, 2.75) is 0 Å². The Labute approximate surface area is 144 Å². The second-order valence-electron chi connectivity index (χ2n) is 5.12. The first kappa shape index (κ1) is 16.3. The molecule has 0 aliphatic carbocycles. The summed E-state index contributed by atoms with van der Waals surface area (Å²) in [6.45, 7) is 0. The molecule has 2 aromatic carbocycles. The lowest BCUT2D eigenvalue weighted by Gasteiger charge is -2.05. The third kappa shape index (κ3) is 4.03. The van der Waals surface area contributed by atoms with Gasteiger partial charge >= 0.3 is 6.03 Å². The first-order valence-electron chi connectivity index (χ1n) is 7.53. The summed E-state index contributed by atoms with van der Waals surface area (Å²) in [6, 6.07) is 16.9. The normalized spacial score (nSPS) is 10.1. The zero-order valence-electron chi connectivity index (χ0n) is 13.5. The Morgan fingerprint density at radius 1 is 0.920 bits per heavy atom. The standard InChI is InChI=1S/C18H16N4O3/c1-25-15-9-7-14(8-10-15)19-17(23)16-11-12-22(21-16)18(24)20-13-5-3-2-4-6-13/h2-12H,1H3,(H,19,23)(H,20,24). The molecule has 126 valence electrons. The molecule has 0 saturated carbocycles. The Kier molecular flexibility index (Phi) is 4.75. The van der Waals surface area contributed by atoms with E-state index in [2.05, 4.69) is 15.7 Å². The van der Waals surface area contributed by atoms with E-state index in [-0.39, 0.29) is 5.69 Å². The highest BCUT2D eigenvalue weighted by Gasteiger charge is 2.13. The van der Waals surface area contributed by atoms with Crippen LogP contribution in [-0.4, -0.2) is 28.8 Å². The number of methoxy groups -OCH3 is 1. The summed E-state index contributed by atoms with van der Waals surface area (Å²) in [4.78, 5) is 24.3. The van der Waals surface area contributed by atoms with Gasteiger partial charge in [-0.05, 0) is 42.5 Å². The highest BCUT2D eigenvalue weighted by Crippen LogP contribution is 2.15. The SMILES string of the molecule is COc1ccc(NC(=O)c2ccn(C(=O)Nc3ccccc3)n2)cc1. The Morgan fingerprint density at radius 3 is 2.28 bits per heavy atom. The molecule has 1 heterocycles. The maximum atomic E-state index is 12.2. The lowest BCUT2D eigenvalue weighted by Crippen LogP contribution is -2.21. The van der Waals surface area contributed by atoms with E-state index in [9.17, 15) is 9.59 Å². The van der Waals surface area contributed by atoms with Crippen molar-refractivity contribution < 1.29 is 14.3 Å². The molecular weight excluding hydrogens is 320 g/mol. The van der Waals surface area contributed by atoms with Crippen molar-refractivity contribution in [2.75, 3.05) is 17.7 Å². The topological polar surface area (TPSA) is 85.2 Å². The molecule has 3 rings (SSSR count). The van der Waals surface area contributed by atoms with E-state index in [1.807, 2.05) is 18.2 Å². The van der Waals surface area contributed by atoms with Gasteiger partial charge in [-0.3, -0.25) is 4.79 Å². The van der Waals surface area contributed by atoms with Crippen LogP contribution in [0.4, 0.5) is 16.2 Å². The Hall–Kier alpha value is -3.61. The molecule has 0 aliphatic rings. The zero-order valence-corrected chi connectivity index (χ0v) is 13.5. The lowest BCUT2D eigenvalue weighted by atomic mass is 10.3. The molecule has 0 saturated heterocycles. The molecule has 0 radical (unpaired) electrons. The number of ether oxygens (including phenoxy) is 1. The molecule has 7 nitrogen and oxygen atoms in total. The number of aromatic nitrogens is 2. The second-order valence-corrected chi connectivity index (χ2v) is 5.12.